The highest BCUT2D eigenvalue weighted by atomic mass is 17.2. The molecule has 254 valence electrons. The van der Waals surface area contributed by atoms with Crippen LogP contribution in [0.25, 0.3) is 0 Å². The maximum atomic E-state index is 11.9. The lowest BCUT2D eigenvalue weighted by Gasteiger charge is -2.15. The molecule has 0 aliphatic heterocycles. The Morgan fingerprint density at radius 1 is 0.511 bits per heavy atom. The number of benzene rings is 2. The monoisotopic (exact) mass is 656 g/mol. The fourth-order valence-corrected chi connectivity index (χ4v) is 4.66. The van der Waals surface area contributed by atoms with E-state index in [0.717, 1.165) is 22.3 Å². The summed E-state index contributed by atoms with van der Waals surface area (Å²) in [4.78, 5) is 79.0. The molecule has 2 radical (unpaired) electrons. The molecule has 0 aromatic heterocycles. The van der Waals surface area contributed by atoms with E-state index in [1.54, 1.807) is 13.8 Å². The molecule has 0 bridgehead atoms. The van der Waals surface area contributed by atoms with Gasteiger partial charge in [-0.1, -0.05) is 12.1 Å². The zero-order valence-electron chi connectivity index (χ0n) is 27.5. The van der Waals surface area contributed by atoms with Gasteiger partial charge in [-0.05, 0) is 63.8 Å². The molecule has 47 heavy (non-hydrogen) atoms. The van der Waals surface area contributed by atoms with Gasteiger partial charge in [0, 0.05) is 22.3 Å². The molecule has 0 fully saturated rings. The minimum atomic E-state index is -0.824. The van der Waals surface area contributed by atoms with Crippen LogP contribution in [0.2, 0.25) is 0 Å². The third kappa shape index (κ3) is 12.5. The van der Waals surface area contributed by atoms with Crippen LogP contribution in [0, 0.1) is 41.5 Å². The molecule has 2 aromatic carbocycles. The Labute approximate surface area is 273 Å². The topological polar surface area (TPSA) is 167 Å². The third-order valence-corrected chi connectivity index (χ3v) is 6.84. The number of aryl methyl sites for hydroxylation is 4. The molecule has 0 heterocycles. The lowest BCUT2D eigenvalue weighted by molar-refractivity contribution is -0.275. The highest BCUT2D eigenvalue weighted by Gasteiger charge is 2.15. The minimum absolute atomic E-state index is 0.0508. The van der Waals surface area contributed by atoms with Crippen LogP contribution >= 0.6 is 0 Å². The number of carbonyl (C=O) groups excluding carboxylic acids is 6. The van der Waals surface area contributed by atoms with Crippen LogP contribution in [0.1, 0.15) is 70.2 Å². The van der Waals surface area contributed by atoms with Crippen molar-refractivity contribution in [2.45, 2.75) is 67.2 Å². The van der Waals surface area contributed by atoms with Gasteiger partial charge in [0.2, 0.25) is 12.6 Å². The quantitative estimate of drug-likeness (QED) is 0.0668. The molecule has 2 aromatic rings. The molecular formula is C34H40O13. The predicted octanol–water partition coefficient (Wildman–Crippen LogP) is 3.58. The van der Waals surface area contributed by atoms with Crippen molar-refractivity contribution in [1.29, 1.82) is 0 Å². The molecule has 0 saturated heterocycles. The predicted molar refractivity (Wildman–Crippen MR) is 165 cm³/mol. The molecule has 0 aliphatic rings. The number of hydrogen-bond donors (Lipinski definition) is 0. The average Bonchev–Trinajstić information content (AvgIpc) is 3.01. The van der Waals surface area contributed by atoms with E-state index in [2.05, 4.69) is 9.78 Å². The van der Waals surface area contributed by atoms with Crippen molar-refractivity contribution < 1.29 is 62.2 Å². The van der Waals surface area contributed by atoms with E-state index < -0.39 is 23.9 Å². The van der Waals surface area contributed by atoms with Gasteiger partial charge in [-0.3, -0.25) is 28.9 Å². The highest BCUT2D eigenvalue weighted by molar-refractivity contribution is 5.82. The molecule has 0 unspecified atom stereocenters. The van der Waals surface area contributed by atoms with Gasteiger partial charge in [-0.2, -0.15) is 4.89 Å². The molecule has 2 rings (SSSR count). The second-order valence-electron chi connectivity index (χ2n) is 10.5. The number of carbonyl (C=O) groups is 4. The van der Waals surface area contributed by atoms with Crippen molar-refractivity contribution in [3.8, 4) is 11.5 Å². The molecular weight excluding hydrogens is 616 g/mol. The second kappa shape index (κ2) is 19.7. The normalized spacial score (nSPS) is 10.5. The summed E-state index contributed by atoms with van der Waals surface area (Å²) in [6.07, 6.45) is 2.81. The van der Waals surface area contributed by atoms with Gasteiger partial charge in [0.05, 0.1) is 25.7 Å². The van der Waals surface area contributed by atoms with Crippen LogP contribution in [0.4, 0.5) is 0 Å². The summed E-state index contributed by atoms with van der Waals surface area (Å²) in [7, 11) is 0. The lowest BCUT2D eigenvalue weighted by Crippen LogP contribution is -2.17. The van der Waals surface area contributed by atoms with Gasteiger partial charge < -0.3 is 23.7 Å². The van der Waals surface area contributed by atoms with Crippen molar-refractivity contribution >= 4 is 36.4 Å². The van der Waals surface area contributed by atoms with Crippen molar-refractivity contribution in [3.63, 3.8) is 0 Å². The fourth-order valence-electron chi connectivity index (χ4n) is 4.66. The molecule has 13 heteroatoms. The summed E-state index contributed by atoms with van der Waals surface area (Å²) in [5.41, 5.74) is 5.43. The first-order valence-electron chi connectivity index (χ1n) is 14.9. The Balaban J connectivity index is 1.51. The van der Waals surface area contributed by atoms with Crippen molar-refractivity contribution in [3.05, 3.63) is 56.6 Å². The average molecular weight is 657 g/mol. The summed E-state index contributed by atoms with van der Waals surface area (Å²) < 4.78 is 26.4. The summed E-state index contributed by atoms with van der Waals surface area (Å²) >= 11 is 0. The lowest BCUT2D eigenvalue weighted by atomic mass is 9.99. The maximum Gasteiger partial charge on any atom is 0.342 e. The van der Waals surface area contributed by atoms with Gasteiger partial charge in [-0.15, -0.1) is 0 Å². The van der Waals surface area contributed by atoms with Gasteiger partial charge in [0.1, 0.15) is 51.1 Å². The van der Waals surface area contributed by atoms with E-state index in [4.69, 9.17) is 23.7 Å². The van der Waals surface area contributed by atoms with E-state index >= 15 is 0 Å². The number of esters is 3. The summed E-state index contributed by atoms with van der Waals surface area (Å²) in [6.45, 7) is 10.3. The summed E-state index contributed by atoms with van der Waals surface area (Å²) in [5.74, 6) is -1.72. The van der Waals surface area contributed by atoms with Gasteiger partial charge in [0.15, 0.2) is 0 Å². The van der Waals surface area contributed by atoms with Crippen molar-refractivity contribution in [2.75, 3.05) is 39.6 Å². The zero-order valence-corrected chi connectivity index (χ0v) is 27.5. The molecule has 0 atom stereocenters. The van der Waals surface area contributed by atoms with E-state index in [1.807, 2.05) is 52.4 Å². The second-order valence-corrected chi connectivity index (χ2v) is 10.5. The van der Waals surface area contributed by atoms with E-state index in [1.165, 1.54) is 0 Å². The van der Waals surface area contributed by atoms with Crippen LogP contribution in [0.3, 0.4) is 0 Å². The molecule has 0 aliphatic carbocycles. The third-order valence-electron chi connectivity index (χ3n) is 6.84. The van der Waals surface area contributed by atoms with Gasteiger partial charge in [0.25, 0.3) is 0 Å². The first-order valence-corrected chi connectivity index (χ1v) is 14.9. The summed E-state index contributed by atoms with van der Waals surface area (Å²) in [6, 6.07) is 3.63. The standard InChI is InChI=1S/C34H40O13/c1-21-17-23(3)33(25(5)27(21)19-35)44-13-11-41-29(37)7-8-30(38)43-15-16-46-47-32(40)10-9-31(39)42-12-14-45-34-24(4)18-22(2)28(20-36)26(34)6/h17-18H,7-16H2,1-6H3. The van der Waals surface area contributed by atoms with Crippen LogP contribution in [-0.2, 0) is 52.8 Å². The van der Waals surface area contributed by atoms with E-state index in [-0.39, 0.29) is 65.3 Å². The highest BCUT2D eigenvalue weighted by Crippen LogP contribution is 2.29. The Hall–Kier alpha value is -4.78. The van der Waals surface area contributed by atoms with E-state index in [0.29, 0.717) is 33.8 Å². The molecule has 0 N–H and O–H groups in total. The smallest absolute Gasteiger partial charge is 0.342 e. The number of hydrogen-bond acceptors (Lipinski definition) is 13. The maximum absolute atomic E-state index is 11.9. The summed E-state index contributed by atoms with van der Waals surface area (Å²) in [5, 5.41) is 0. The van der Waals surface area contributed by atoms with Gasteiger partial charge in [-0.25, -0.2) is 4.79 Å². The fraction of sp³-hybridized carbons (Fsp3) is 0.471. The zero-order chi connectivity index (χ0) is 34.9. The Bertz CT molecular complexity index is 1340. The SMILES string of the molecule is Cc1cc(C)c(OCCOC(=O)CCC(=O)OCCOOC(=O)CCC(=O)OCCOc2c(C)cc(C)c([C]=O)c2C)c(C)c1[C]=O. The molecule has 0 spiro atoms. The van der Waals surface area contributed by atoms with Crippen LogP contribution in [0.15, 0.2) is 12.1 Å². The molecule has 13 nitrogen and oxygen atoms in total. The van der Waals surface area contributed by atoms with Crippen molar-refractivity contribution in [2.24, 2.45) is 0 Å². The first-order chi connectivity index (χ1) is 22.4. The number of ether oxygens (including phenoxy) is 5. The number of rotatable bonds is 20. The van der Waals surface area contributed by atoms with E-state index in [9.17, 15) is 28.8 Å². The Morgan fingerprint density at radius 2 is 0.872 bits per heavy atom. The molecule has 0 amide bonds. The van der Waals surface area contributed by atoms with Crippen LogP contribution < -0.4 is 9.47 Å². The van der Waals surface area contributed by atoms with Crippen molar-refractivity contribution in [1.82, 2.24) is 0 Å². The Morgan fingerprint density at radius 3 is 1.26 bits per heavy atom. The minimum Gasteiger partial charge on any atom is -0.489 e. The largest absolute Gasteiger partial charge is 0.489 e. The van der Waals surface area contributed by atoms with Crippen LogP contribution in [-0.4, -0.2) is 76.1 Å². The van der Waals surface area contributed by atoms with Crippen LogP contribution in [0.5, 0.6) is 11.5 Å². The first kappa shape index (κ1) is 38.4. The molecule has 0 saturated carbocycles. The Kier molecular flexibility index (Phi) is 16.1. The van der Waals surface area contributed by atoms with Gasteiger partial charge >= 0.3 is 23.9 Å².